The van der Waals surface area contributed by atoms with Crippen molar-refractivity contribution in [3.63, 3.8) is 0 Å². The van der Waals surface area contributed by atoms with E-state index >= 15 is 0 Å². The molecule has 0 saturated heterocycles. The van der Waals surface area contributed by atoms with Crippen molar-refractivity contribution in [2.24, 2.45) is 0 Å². The van der Waals surface area contributed by atoms with Crippen LogP contribution in [0.15, 0.2) is 47.4 Å². The smallest absolute Gasteiger partial charge is 0.274 e. The first-order chi connectivity index (χ1) is 13.1. The van der Waals surface area contributed by atoms with Crippen molar-refractivity contribution in [2.75, 3.05) is 28.4 Å². The average Bonchev–Trinajstić information content (AvgIpc) is 2.72. The fraction of sp³-hybridized carbons (Fsp3) is 0.200. The fourth-order valence-electron chi connectivity index (χ4n) is 2.75. The molecule has 3 aromatic rings. The van der Waals surface area contributed by atoms with Gasteiger partial charge in [0.1, 0.15) is 11.4 Å². The molecule has 0 aliphatic heterocycles. The number of nitrogens with one attached hydrogen (secondary N) is 1. The van der Waals surface area contributed by atoms with Crippen molar-refractivity contribution in [3.05, 3.63) is 52.9 Å². The highest BCUT2D eigenvalue weighted by atomic mass is 16.5. The summed E-state index contributed by atoms with van der Waals surface area (Å²) >= 11 is 0. The summed E-state index contributed by atoms with van der Waals surface area (Å²) in [5.41, 5.74) is 1.90. The molecule has 1 N–H and O–H groups in total. The molecule has 3 rings (SSSR count). The molecule has 0 saturated carbocycles. The summed E-state index contributed by atoms with van der Waals surface area (Å²) < 4.78 is 21.3. The van der Waals surface area contributed by atoms with Crippen LogP contribution in [0.3, 0.4) is 0 Å². The number of rotatable bonds is 6. The first kappa shape index (κ1) is 18.3. The van der Waals surface area contributed by atoms with Gasteiger partial charge >= 0.3 is 0 Å². The lowest BCUT2D eigenvalue weighted by Crippen LogP contribution is -2.11. The molecule has 0 radical (unpaired) electrons. The van der Waals surface area contributed by atoms with E-state index in [1.807, 2.05) is 24.3 Å². The first-order valence-electron chi connectivity index (χ1n) is 8.15. The van der Waals surface area contributed by atoms with Gasteiger partial charge in [-0.1, -0.05) is 12.1 Å². The number of aromatic nitrogens is 2. The third-order valence-corrected chi connectivity index (χ3v) is 4.09. The van der Waals surface area contributed by atoms with Gasteiger partial charge < -0.3 is 23.9 Å². The summed E-state index contributed by atoms with van der Waals surface area (Å²) in [6.07, 6.45) is 1.57. The van der Waals surface area contributed by atoms with Gasteiger partial charge in [0.05, 0.1) is 34.1 Å². The third-order valence-electron chi connectivity index (χ3n) is 4.09. The van der Waals surface area contributed by atoms with E-state index in [0.29, 0.717) is 34.3 Å². The van der Waals surface area contributed by atoms with E-state index in [0.717, 1.165) is 5.56 Å². The predicted octanol–water partition coefficient (Wildman–Crippen LogP) is 3.14. The van der Waals surface area contributed by atoms with E-state index in [-0.39, 0.29) is 11.3 Å². The minimum atomic E-state index is -0.323. The second-order valence-electron chi connectivity index (χ2n) is 5.61. The molecule has 0 aliphatic carbocycles. The maximum atomic E-state index is 12.4. The summed E-state index contributed by atoms with van der Waals surface area (Å²) in [6, 6.07) is 10.8. The van der Waals surface area contributed by atoms with Crippen LogP contribution >= 0.6 is 0 Å². The quantitative estimate of drug-likeness (QED) is 0.720. The van der Waals surface area contributed by atoms with E-state index in [1.165, 1.54) is 21.3 Å². The van der Waals surface area contributed by atoms with Crippen LogP contribution < -0.4 is 24.5 Å². The predicted molar refractivity (Wildman–Crippen MR) is 102 cm³/mol. The Morgan fingerprint density at radius 1 is 0.852 bits per heavy atom. The maximum Gasteiger partial charge on any atom is 0.274 e. The number of nitrogens with zero attached hydrogens (tertiary/aromatic N) is 1. The fourth-order valence-corrected chi connectivity index (χ4v) is 2.75. The number of methoxy groups -OCH3 is 4. The first-order valence-corrected chi connectivity index (χ1v) is 8.15. The van der Waals surface area contributed by atoms with Crippen LogP contribution in [0.4, 0.5) is 0 Å². The molecule has 1 aromatic heterocycles. The Labute approximate surface area is 156 Å². The Kier molecular flexibility index (Phi) is 5.30. The summed E-state index contributed by atoms with van der Waals surface area (Å²) in [4.78, 5) is 19.7. The largest absolute Gasteiger partial charge is 0.497 e. The Bertz CT molecular complexity index is 988. The number of benzene rings is 2. The van der Waals surface area contributed by atoms with Crippen LogP contribution in [0.1, 0.15) is 0 Å². The molecule has 0 fully saturated rings. The summed E-state index contributed by atoms with van der Waals surface area (Å²) in [7, 11) is 6.16. The second-order valence-corrected chi connectivity index (χ2v) is 5.61. The van der Waals surface area contributed by atoms with E-state index in [1.54, 1.807) is 25.4 Å². The summed E-state index contributed by atoms with van der Waals surface area (Å²) in [5.74, 6) is 2.04. The molecule has 0 unspecified atom stereocenters. The monoisotopic (exact) mass is 368 g/mol. The van der Waals surface area contributed by atoms with Gasteiger partial charge in [0.2, 0.25) is 5.75 Å². The highest BCUT2D eigenvalue weighted by Crippen LogP contribution is 2.40. The second kappa shape index (κ2) is 7.82. The van der Waals surface area contributed by atoms with E-state index in [9.17, 15) is 4.79 Å². The minimum Gasteiger partial charge on any atom is -0.497 e. The molecule has 1 heterocycles. The molecule has 0 bridgehead atoms. The van der Waals surface area contributed by atoms with Gasteiger partial charge in [0, 0.05) is 17.3 Å². The lowest BCUT2D eigenvalue weighted by Gasteiger charge is -2.14. The maximum absolute atomic E-state index is 12.4. The summed E-state index contributed by atoms with van der Waals surface area (Å²) in [6.45, 7) is 0. The van der Waals surface area contributed by atoms with Crippen molar-refractivity contribution in [3.8, 4) is 45.5 Å². The standard InChI is InChI=1S/C20H20N2O5/c1-24-14-7-5-6-12(8-14)15-11-21-20(23)18(22-15)13-9-16(25-2)19(27-4)17(10-13)26-3/h5-11H,1-4H3,(H,21,23). The van der Waals surface area contributed by atoms with Gasteiger partial charge in [-0.25, -0.2) is 4.98 Å². The van der Waals surface area contributed by atoms with Gasteiger partial charge in [-0.05, 0) is 24.3 Å². The minimum absolute atomic E-state index is 0.245. The molecule has 7 nitrogen and oxygen atoms in total. The van der Waals surface area contributed by atoms with Crippen molar-refractivity contribution < 1.29 is 18.9 Å². The topological polar surface area (TPSA) is 82.7 Å². The Morgan fingerprint density at radius 3 is 2.15 bits per heavy atom. The van der Waals surface area contributed by atoms with Crippen LogP contribution in [0, 0.1) is 0 Å². The van der Waals surface area contributed by atoms with Crippen molar-refractivity contribution in [1.82, 2.24) is 9.97 Å². The molecule has 7 heteroatoms. The number of H-pyrrole nitrogens is 1. The Balaban J connectivity index is 2.16. The molecule has 0 atom stereocenters. The lowest BCUT2D eigenvalue weighted by molar-refractivity contribution is 0.324. The SMILES string of the molecule is COc1cccc(-c2c[nH]c(=O)c(-c3cc(OC)c(OC)c(OC)c3)n2)c1. The van der Waals surface area contributed by atoms with Crippen LogP contribution in [-0.2, 0) is 0 Å². The van der Waals surface area contributed by atoms with Crippen LogP contribution in [0.5, 0.6) is 23.0 Å². The zero-order valence-corrected chi connectivity index (χ0v) is 15.5. The number of ether oxygens (including phenoxy) is 4. The highest BCUT2D eigenvalue weighted by molar-refractivity contribution is 5.70. The Morgan fingerprint density at radius 2 is 1.56 bits per heavy atom. The molecule has 0 aliphatic rings. The molecule has 140 valence electrons. The van der Waals surface area contributed by atoms with Crippen molar-refractivity contribution >= 4 is 0 Å². The number of aromatic amines is 1. The molecular formula is C20H20N2O5. The van der Waals surface area contributed by atoms with Gasteiger partial charge in [-0.15, -0.1) is 0 Å². The van der Waals surface area contributed by atoms with Crippen molar-refractivity contribution in [1.29, 1.82) is 0 Å². The lowest BCUT2D eigenvalue weighted by atomic mass is 10.1. The third kappa shape index (κ3) is 3.57. The van der Waals surface area contributed by atoms with E-state index in [2.05, 4.69) is 9.97 Å². The highest BCUT2D eigenvalue weighted by Gasteiger charge is 2.17. The van der Waals surface area contributed by atoms with Gasteiger partial charge in [-0.3, -0.25) is 4.79 Å². The molecule has 27 heavy (non-hydrogen) atoms. The van der Waals surface area contributed by atoms with Crippen LogP contribution in [0.25, 0.3) is 22.5 Å². The Hall–Kier alpha value is -3.48. The van der Waals surface area contributed by atoms with Gasteiger partial charge in [0.15, 0.2) is 11.5 Å². The zero-order chi connectivity index (χ0) is 19.4. The molecule has 2 aromatic carbocycles. The van der Waals surface area contributed by atoms with E-state index in [4.69, 9.17) is 18.9 Å². The van der Waals surface area contributed by atoms with Crippen LogP contribution in [0.2, 0.25) is 0 Å². The normalized spacial score (nSPS) is 10.4. The number of hydrogen-bond donors (Lipinski definition) is 1. The summed E-state index contributed by atoms with van der Waals surface area (Å²) in [5, 5.41) is 0. The molecule has 0 spiro atoms. The van der Waals surface area contributed by atoms with Gasteiger partial charge in [-0.2, -0.15) is 0 Å². The zero-order valence-electron chi connectivity index (χ0n) is 15.5. The molecule has 0 amide bonds. The number of hydrogen-bond acceptors (Lipinski definition) is 6. The van der Waals surface area contributed by atoms with Crippen molar-refractivity contribution in [2.45, 2.75) is 0 Å². The van der Waals surface area contributed by atoms with Gasteiger partial charge in [0.25, 0.3) is 5.56 Å². The van der Waals surface area contributed by atoms with Crippen LogP contribution in [-0.4, -0.2) is 38.4 Å². The average molecular weight is 368 g/mol. The van der Waals surface area contributed by atoms with E-state index < -0.39 is 0 Å². The molecular weight excluding hydrogens is 348 g/mol.